The number of ether oxygens (including phenoxy) is 1. The number of carbonyl (C=O) groups is 3. The van der Waals surface area contributed by atoms with Gasteiger partial charge in [-0.15, -0.1) is 11.3 Å². The van der Waals surface area contributed by atoms with Gasteiger partial charge >= 0.3 is 6.03 Å². The zero-order valence-corrected chi connectivity index (χ0v) is 18.9. The summed E-state index contributed by atoms with van der Waals surface area (Å²) in [6.45, 7) is -0.326. The first kappa shape index (κ1) is 21.6. The second-order valence-electron chi connectivity index (χ2n) is 7.76. The van der Waals surface area contributed by atoms with Gasteiger partial charge in [0.1, 0.15) is 17.8 Å². The molecule has 1 aromatic carbocycles. The largest absolute Gasteiger partial charge is 0.495 e. The Balaban J connectivity index is 1.43. The van der Waals surface area contributed by atoms with E-state index >= 15 is 0 Å². The highest BCUT2D eigenvalue weighted by atomic mass is 35.5. The van der Waals surface area contributed by atoms with Crippen molar-refractivity contribution in [1.29, 1.82) is 0 Å². The van der Waals surface area contributed by atoms with E-state index < -0.39 is 17.5 Å². The van der Waals surface area contributed by atoms with Crippen LogP contribution in [0.3, 0.4) is 0 Å². The molecule has 1 saturated carbocycles. The number of benzene rings is 1. The average molecular weight is 463 g/mol. The molecule has 0 atom stereocenters. The van der Waals surface area contributed by atoms with Gasteiger partial charge in [-0.25, -0.2) is 9.78 Å². The lowest BCUT2D eigenvalue weighted by Crippen LogP contribution is -2.49. The van der Waals surface area contributed by atoms with E-state index in [0.717, 1.165) is 29.7 Å². The maximum atomic E-state index is 13.0. The van der Waals surface area contributed by atoms with Crippen molar-refractivity contribution in [2.45, 2.75) is 37.6 Å². The number of urea groups is 1. The van der Waals surface area contributed by atoms with Gasteiger partial charge in [0.2, 0.25) is 5.91 Å². The third kappa shape index (κ3) is 3.87. The number of rotatable bonds is 5. The zero-order valence-electron chi connectivity index (χ0n) is 17.3. The van der Waals surface area contributed by atoms with Crippen molar-refractivity contribution in [3.8, 4) is 17.0 Å². The molecule has 1 saturated heterocycles. The molecule has 0 bridgehead atoms. The molecule has 0 unspecified atom stereocenters. The molecule has 4 rings (SSSR count). The highest BCUT2D eigenvalue weighted by Gasteiger charge is 2.55. The number of carbonyl (C=O) groups excluding carboxylic acids is 3. The summed E-state index contributed by atoms with van der Waals surface area (Å²) in [6.07, 6.45) is 4.16. The molecular weight excluding hydrogens is 440 g/mol. The van der Waals surface area contributed by atoms with Gasteiger partial charge in [0.05, 0.1) is 17.8 Å². The molecule has 2 fully saturated rings. The Morgan fingerprint density at radius 2 is 2.03 bits per heavy atom. The molecule has 0 radical (unpaired) electrons. The normalized spacial score (nSPS) is 18.0. The van der Waals surface area contributed by atoms with E-state index in [0.29, 0.717) is 34.4 Å². The Kier molecular flexibility index (Phi) is 5.90. The quantitative estimate of drug-likeness (QED) is 0.678. The maximum Gasteiger partial charge on any atom is 0.327 e. The summed E-state index contributed by atoms with van der Waals surface area (Å²) >= 11 is 7.43. The first-order chi connectivity index (χ1) is 14.9. The van der Waals surface area contributed by atoms with Crippen LogP contribution in [0.15, 0.2) is 23.6 Å². The van der Waals surface area contributed by atoms with Gasteiger partial charge in [0.15, 0.2) is 5.13 Å². The van der Waals surface area contributed by atoms with Crippen molar-refractivity contribution in [1.82, 2.24) is 14.8 Å². The van der Waals surface area contributed by atoms with E-state index in [2.05, 4.69) is 10.3 Å². The minimum Gasteiger partial charge on any atom is -0.495 e. The van der Waals surface area contributed by atoms with Gasteiger partial charge < -0.3 is 15.0 Å². The summed E-state index contributed by atoms with van der Waals surface area (Å²) in [4.78, 5) is 45.2. The predicted molar refractivity (Wildman–Crippen MR) is 118 cm³/mol. The summed E-state index contributed by atoms with van der Waals surface area (Å²) in [7, 11) is 3.19. The monoisotopic (exact) mass is 462 g/mol. The fourth-order valence-electron chi connectivity index (χ4n) is 4.26. The van der Waals surface area contributed by atoms with Crippen LogP contribution in [0.25, 0.3) is 11.3 Å². The van der Waals surface area contributed by atoms with Crippen LogP contribution in [-0.2, 0) is 9.59 Å². The van der Waals surface area contributed by atoms with Crippen LogP contribution in [0.2, 0.25) is 5.02 Å². The lowest BCUT2D eigenvalue weighted by Gasteiger charge is -2.35. The van der Waals surface area contributed by atoms with Gasteiger partial charge in [0, 0.05) is 18.0 Å². The molecule has 31 heavy (non-hydrogen) atoms. The molecule has 4 amide bonds. The van der Waals surface area contributed by atoms with E-state index in [9.17, 15) is 14.4 Å². The smallest absolute Gasteiger partial charge is 0.327 e. The number of halogens is 1. The van der Waals surface area contributed by atoms with Crippen LogP contribution < -0.4 is 10.1 Å². The van der Waals surface area contributed by atoms with E-state index in [-0.39, 0.29) is 12.5 Å². The van der Waals surface area contributed by atoms with Crippen molar-refractivity contribution in [2.75, 3.05) is 26.0 Å². The highest BCUT2D eigenvalue weighted by Crippen LogP contribution is 2.39. The molecule has 1 aliphatic heterocycles. The Hall–Kier alpha value is -2.65. The summed E-state index contributed by atoms with van der Waals surface area (Å²) in [5.41, 5.74) is 0.643. The minimum atomic E-state index is -0.794. The first-order valence-electron chi connectivity index (χ1n) is 10.0. The molecule has 8 nitrogen and oxygen atoms in total. The van der Waals surface area contributed by atoms with Crippen molar-refractivity contribution in [3.05, 3.63) is 28.6 Å². The topological polar surface area (TPSA) is 91.8 Å². The standard InChI is InChI=1S/C21H23ClN4O4S/c1-25-20(29)26(18(28)21(25)8-4-3-5-9-21)11-17(27)24-19-23-15(12-31-19)13-6-7-16(30-2)14(22)10-13/h6-7,10,12H,3-5,8-9,11H2,1-2H3,(H,23,24,27). The van der Waals surface area contributed by atoms with Crippen molar-refractivity contribution in [2.24, 2.45) is 0 Å². The first-order valence-corrected chi connectivity index (χ1v) is 11.3. The number of nitrogens with zero attached hydrogens (tertiary/aromatic N) is 3. The third-order valence-electron chi connectivity index (χ3n) is 5.98. The van der Waals surface area contributed by atoms with Crippen molar-refractivity contribution < 1.29 is 19.1 Å². The minimum absolute atomic E-state index is 0.275. The van der Waals surface area contributed by atoms with E-state index in [4.69, 9.17) is 16.3 Å². The summed E-state index contributed by atoms with van der Waals surface area (Å²) in [5, 5.41) is 5.33. The molecule has 2 aliphatic rings. The zero-order chi connectivity index (χ0) is 22.2. The second-order valence-corrected chi connectivity index (χ2v) is 9.03. The number of aromatic nitrogens is 1. The molecule has 2 heterocycles. The fourth-order valence-corrected chi connectivity index (χ4v) is 5.26. The molecule has 1 spiro atoms. The summed E-state index contributed by atoms with van der Waals surface area (Å²) in [6, 6.07) is 4.89. The average Bonchev–Trinajstić information content (AvgIpc) is 3.29. The van der Waals surface area contributed by atoms with Crippen LogP contribution in [0.5, 0.6) is 5.75 Å². The van der Waals surface area contributed by atoms with E-state index in [1.807, 2.05) is 6.07 Å². The predicted octanol–water partition coefficient (Wildman–Crippen LogP) is 4.01. The Labute approximate surface area is 189 Å². The number of anilines is 1. The number of likely N-dealkylation sites (N-methyl/N-ethyl adjacent to an activating group) is 1. The Morgan fingerprint density at radius 3 is 2.71 bits per heavy atom. The van der Waals surface area contributed by atoms with Crippen LogP contribution >= 0.6 is 22.9 Å². The molecular formula is C21H23ClN4O4S. The number of methoxy groups -OCH3 is 1. The number of hydrogen-bond donors (Lipinski definition) is 1. The Bertz CT molecular complexity index is 1030. The van der Waals surface area contributed by atoms with Gasteiger partial charge in [-0.1, -0.05) is 30.9 Å². The van der Waals surface area contributed by atoms with Crippen molar-refractivity contribution >= 4 is 45.9 Å². The summed E-state index contributed by atoms with van der Waals surface area (Å²) in [5.74, 6) is -0.172. The Morgan fingerprint density at radius 1 is 1.29 bits per heavy atom. The molecule has 10 heteroatoms. The van der Waals surface area contributed by atoms with E-state index in [1.165, 1.54) is 16.2 Å². The van der Waals surface area contributed by atoms with E-state index in [1.54, 1.807) is 31.7 Å². The molecule has 1 N–H and O–H groups in total. The SMILES string of the molecule is COc1ccc(-c2csc(NC(=O)CN3C(=O)N(C)C4(CCCCC4)C3=O)n2)cc1Cl. The number of imide groups is 1. The number of hydrogen-bond acceptors (Lipinski definition) is 6. The van der Waals surface area contributed by atoms with Crippen molar-refractivity contribution in [3.63, 3.8) is 0 Å². The van der Waals surface area contributed by atoms with Gasteiger partial charge in [-0.2, -0.15) is 0 Å². The van der Waals surface area contributed by atoms with Crippen LogP contribution in [0.1, 0.15) is 32.1 Å². The van der Waals surface area contributed by atoms with Crippen LogP contribution in [-0.4, -0.2) is 58.9 Å². The van der Waals surface area contributed by atoms with Gasteiger partial charge in [-0.3, -0.25) is 14.5 Å². The second kappa shape index (κ2) is 8.47. The molecule has 1 aliphatic carbocycles. The third-order valence-corrected chi connectivity index (χ3v) is 7.04. The molecule has 1 aromatic heterocycles. The lowest BCUT2D eigenvalue weighted by atomic mass is 9.81. The van der Waals surface area contributed by atoms with Gasteiger partial charge in [-0.05, 0) is 31.0 Å². The number of amides is 4. The number of thiazole rings is 1. The summed E-state index contributed by atoms with van der Waals surface area (Å²) < 4.78 is 5.15. The van der Waals surface area contributed by atoms with Crippen LogP contribution in [0.4, 0.5) is 9.93 Å². The molecule has 164 valence electrons. The number of nitrogens with one attached hydrogen (secondary N) is 1. The highest BCUT2D eigenvalue weighted by molar-refractivity contribution is 7.14. The fraction of sp³-hybridized carbons (Fsp3) is 0.429. The van der Waals surface area contributed by atoms with Crippen LogP contribution in [0, 0.1) is 0 Å². The lowest BCUT2D eigenvalue weighted by molar-refractivity contribution is -0.136. The maximum absolute atomic E-state index is 13.0. The molecule has 2 aromatic rings. The van der Waals surface area contributed by atoms with Gasteiger partial charge in [0.25, 0.3) is 5.91 Å².